The van der Waals surface area contributed by atoms with Gasteiger partial charge in [-0.15, -0.1) is 6.58 Å². The Balaban J connectivity index is 2.53. The van der Waals surface area contributed by atoms with Gasteiger partial charge in [0.05, 0.1) is 5.71 Å². The second-order valence-electron chi connectivity index (χ2n) is 4.88. The molecule has 2 atom stereocenters. The largest absolute Gasteiger partial charge is 0.411 e. The van der Waals surface area contributed by atoms with Crippen molar-refractivity contribution in [1.82, 2.24) is 0 Å². The van der Waals surface area contributed by atoms with Crippen LogP contribution >= 0.6 is 0 Å². The molecule has 0 aromatic rings. The van der Waals surface area contributed by atoms with Crippen molar-refractivity contribution in [2.75, 3.05) is 0 Å². The fraction of sp³-hybridized carbons (Fsp3) is 0.727. The van der Waals surface area contributed by atoms with E-state index in [1.54, 1.807) is 0 Å². The third-order valence-corrected chi connectivity index (χ3v) is 4.48. The standard InChI is InChI=1S/C11H17NO/c1-4-11-6-5-8(10(11,2)3)7-9(11)12-13/h4,8,13H,1,5-7H2,2-3H3/b12-9+. The third kappa shape index (κ3) is 0.767. The fourth-order valence-electron chi connectivity index (χ4n) is 3.35. The van der Waals surface area contributed by atoms with E-state index < -0.39 is 0 Å². The number of hydrogen-bond acceptors (Lipinski definition) is 2. The second kappa shape index (κ2) is 2.37. The van der Waals surface area contributed by atoms with E-state index in [-0.39, 0.29) is 10.8 Å². The van der Waals surface area contributed by atoms with E-state index in [1.807, 2.05) is 6.08 Å². The van der Waals surface area contributed by atoms with Gasteiger partial charge in [-0.25, -0.2) is 0 Å². The molecule has 2 aliphatic rings. The summed E-state index contributed by atoms with van der Waals surface area (Å²) in [6.45, 7) is 8.45. The van der Waals surface area contributed by atoms with Crippen molar-refractivity contribution < 1.29 is 5.21 Å². The molecule has 2 aliphatic carbocycles. The molecule has 2 bridgehead atoms. The lowest BCUT2D eigenvalue weighted by atomic mass is 9.69. The highest BCUT2D eigenvalue weighted by Crippen LogP contribution is 2.64. The first kappa shape index (κ1) is 8.79. The third-order valence-electron chi connectivity index (χ3n) is 4.48. The zero-order valence-corrected chi connectivity index (χ0v) is 8.38. The summed E-state index contributed by atoms with van der Waals surface area (Å²) in [6, 6.07) is 0. The first-order valence-corrected chi connectivity index (χ1v) is 4.93. The van der Waals surface area contributed by atoms with Crippen molar-refractivity contribution in [3.63, 3.8) is 0 Å². The van der Waals surface area contributed by atoms with Gasteiger partial charge in [0.25, 0.3) is 0 Å². The van der Waals surface area contributed by atoms with Crippen molar-refractivity contribution in [3.8, 4) is 0 Å². The van der Waals surface area contributed by atoms with E-state index in [2.05, 4.69) is 25.6 Å². The van der Waals surface area contributed by atoms with Crippen molar-refractivity contribution in [3.05, 3.63) is 12.7 Å². The first-order valence-electron chi connectivity index (χ1n) is 4.93. The Labute approximate surface area is 79.3 Å². The maximum atomic E-state index is 8.96. The highest BCUT2D eigenvalue weighted by Gasteiger charge is 2.61. The monoisotopic (exact) mass is 179 g/mol. The normalized spacial score (nSPS) is 44.2. The molecule has 13 heavy (non-hydrogen) atoms. The SMILES string of the molecule is C=CC12CCC(C/C1=N\O)C2(C)C. The molecule has 0 spiro atoms. The van der Waals surface area contributed by atoms with Crippen molar-refractivity contribution in [2.45, 2.75) is 33.1 Å². The van der Waals surface area contributed by atoms with Gasteiger partial charge in [0.15, 0.2) is 0 Å². The van der Waals surface area contributed by atoms with Gasteiger partial charge in [0, 0.05) is 5.41 Å². The summed E-state index contributed by atoms with van der Waals surface area (Å²) in [6.07, 6.45) is 5.30. The Morgan fingerprint density at radius 1 is 1.62 bits per heavy atom. The molecule has 2 rings (SSSR count). The molecule has 2 nitrogen and oxygen atoms in total. The molecule has 0 aromatic heterocycles. The van der Waals surface area contributed by atoms with Crippen LogP contribution in [-0.4, -0.2) is 10.9 Å². The topological polar surface area (TPSA) is 32.6 Å². The predicted octanol–water partition coefficient (Wildman–Crippen LogP) is 2.83. The van der Waals surface area contributed by atoms with E-state index in [0.29, 0.717) is 5.92 Å². The molecule has 0 aromatic carbocycles. The number of oxime groups is 1. The van der Waals surface area contributed by atoms with E-state index in [9.17, 15) is 0 Å². The molecule has 2 unspecified atom stereocenters. The van der Waals surface area contributed by atoms with Crippen LogP contribution in [0.4, 0.5) is 0 Å². The minimum Gasteiger partial charge on any atom is -0.411 e. The van der Waals surface area contributed by atoms with Crippen LogP contribution in [0.1, 0.15) is 33.1 Å². The molecule has 72 valence electrons. The van der Waals surface area contributed by atoms with Gasteiger partial charge in [-0.3, -0.25) is 0 Å². The second-order valence-corrected chi connectivity index (χ2v) is 4.88. The highest BCUT2D eigenvalue weighted by atomic mass is 16.4. The van der Waals surface area contributed by atoms with Crippen LogP contribution in [0.15, 0.2) is 17.8 Å². The molecule has 1 N–H and O–H groups in total. The minimum atomic E-state index is -0.0214. The Morgan fingerprint density at radius 3 is 2.69 bits per heavy atom. The van der Waals surface area contributed by atoms with Crippen LogP contribution in [0.5, 0.6) is 0 Å². The minimum absolute atomic E-state index is 0.0214. The molecule has 2 saturated carbocycles. The molecule has 0 amide bonds. The molecule has 0 radical (unpaired) electrons. The zero-order valence-electron chi connectivity index (χ0n) is 8.38. The molecule has 2 heteroatoms. The number of hydrogen-bond donors (Lipinski definition) is 1. The number of fused-ring (bicyclic) bond motifs is 2. The number of nitrogens with zero attached hydrogens (tertiary/aromatic N) is 1. The highest BCUT2D eigenvalue weighted by molar-refractivity contribution is 5.95. The smallest absolute Gasteiger partial charge is 0.0678 e. The predicted molar refractivity (Wildman–Crippen MR) is 53.0 cm³/mol. The van der Waals surface area contributed by atoms with E-state index in [4.69, 9.17) is 5.21 Å². The molecular weight excluding hydrogens is 162 g/mol. The van der Waals surface area contributed by atoms with Gasteiger partial charge >= 0.3 is 0 Å². The number of rotatable bonds is 1. The first-order chi connectivity index (χ1) is 6.08. The summed E-state index contributed by atoms with van der Waals surface area (Å²) < 4.78 is 0. The van der Waals surface area contributed by atoms with E-state index in [0.717, 1.165) is 18.6 Å². The Hall–Kier alpha value is -0.790. The molecule has 0 saturated heterocycles. The van der Waals surface area contributed by atoms with Gasteiger partial charge in [-0.1, -0.05) is 25.1 Å². The Bertz CT molecular complexity index is 280. The summed E-state index contributed by atoms with van der Waals surface area (Å²) in [5.41, 5.74) is 1.16. The summed E-state index contributed by atoms with van der Waals surface area (Å²) in [5, 5.41) is 12.4. The lowest BCUT2D eigenvalue weighted by molar-refractivity contribution is 0.216. The molecule has 0 heterocycles. The van der Waals surface area contributed by atoms with Gasteiger partial charge in [0.1, 0.15) is 0 Å². The summed E-state index contributed by atoms with van der Waals surface area (Å²) in [4.78, 5) is 0. The molecule has 2 fully saturated rings. The van der Waals surface area contributed by atoms with Gasteiger partial charge in [0.2, 0.25) is 0 Å². The van der Waals surface area contributed by atoms with Crippen molar-refractivity contribution >= 4 is 5.71 Å². The summed E-state index contributed by atoms with van der Waals surface area (Å²) >= 11 is 0. The fourth-order valence-corrected chi connectivity index (χ4v) is 3.35. The quantitative estimate of drug-likeness (QED) is 0.375. The average Bonchev–Trinajstić information content (AvgIpc) is 2.50. The Kier molecular flexibility index (Phi) is 1.60. The van der Waals surface area contributed by atoms with Crippen LogP contribution in [0, 0.1) is 16.7 Å². The lowest BCUT2D eigenvalue weighted by Crippen LogP contribution is -2.33. The van der Waals surface area contributed by atoms with E-state index in [1.165, 1.54) is 6.42 Å². The van der Waals surface area contributed by atoms with E-state index >= 15 is 0 Å². The number of allylic oxidation sites excluding steroid dienone is 1. The van der Waals surface area contributed by atoms with Crippen LogP contribution in [-0.2, 0) is 0 Å². The Morgan fingerprint density at radius 2 is 2.31 bits per heavy atom. The maximum absolute atomic E-state index is 8.96. The van der Waals surface area contributed by atoms with Gasteiger partial charge in [-0.2, -0.15) is 0 Å². The zero-order chi connectivity index (χ0) is 9.69. The summed E-state index contributed by atoms with van der Waals surface area (Å²) in [5.74, 6) is 0.677. The summed E-state index contributed by atoms with van der Waals surface area (Å²) in [7, 11) is 0. The van der Waals surface area contributed by atoms with Crippen LogP contribution in [0.3, 0.4) is 0 Å². The lowest BCUT2D eigenvalue weighted by Gasteiger charge is -2.34. The van der Waals surface area contributed by atoms with Crippen LogP contribution in [0.2, 0.25) is 0 Å². The van der Waals surface area contributed by atoms with Crippen molar-refractivity contribution in [1.29, 1.82) is 0 Å². The van der Waals surface area contributed by atoms with Crippen molar-refractivity contribution in [2.24, 2.45) is 21.9 Å². The maximum Gasteiger partial charge on any atom is 0.0678 e. The molecular formula is C11H17NO. The average molecular weight is 179 g/mol. The van der Waals surface area contributed by atoms with Crippen LogP contribution < -0.4 is 0 Å². The van der Waals surface area contributed by atoms with Gasteiger partial charge in [-0.05, 0) is 30.6 Å². The van der Waals surface area contributed by atoms with Gasteiger partial charge < -0.3 is 5.21 Å². The van der Waals surface area contributed by atoms with Crippen LogP contribution in [0.25, 0.3) is 0 Å². The molecule has 0 aliphatic heterocycles.